The van der Waals surface area contributed by atoms with Crippen molar-refractivity contribution in [2.24, 2.45) is 0 Å². The number of halogens is 1. The van der Waals surface area contributed by atoms with Gasteiger partial charge in [-0.15, -0.1) is 0 Å². The molecular formula is C11H9BrN4O2S. The van der Waals surface area contributed by atoms with Crippen molar-refractivity contribution < 1.29 is 4.92 Å². The van der Waals surface area contributed by atoms with Crippen LogP contribution < -0.4 is 5.32 Å². The third kappa shape index (κ3) is 3.21. The second-order valence-electron chi connectivity index (χ2n) is 3.44. The SMILES string of the molecule is CNc1ncnc(Sc2ccc(Br)cc2)c1[N+](=O)[O-]. The first-order chi connectivity index (χ1) is 9.11. The van der Waals surface area contributed by atoms with Crippen molar-refractivity contribution in [3.63, 3.8) is 0 Å². The topological polar surface area (TPSA) is 81.0 Å². The average Bonchev–Trinajstić information content (AvgIpc) is 2.40. The lowest BCUT2D eigenvalue weighted by molar-refractivity contribution is -0.387. The molecule has 0 amide bonds. The van der Waals surface area contributed by atoms with Gasteiger partial charge in [-0.25, -0.2) is 9.97 Å². The number of hydrogen-bond donors (Lipinski definition) is 1. The van der Waals surface area contributed by atoms with Crippen molar-refractivity contribution in [1.82, 2.24) is 9.97 Å². The minimum atomic E-state index is -0.479. The molecule has 19 heavy (non-hydrogen) atoms. The number of anilines is 1. The number of rotatable bonds is 4. The van der Waals surface area contributed by atoms with Crippen LogP contribution in [0.15, 0.2) is 45.0 Å². The summed E-state index contributed by atoms with van der Waals surface area (Å²) in [4.78, 5) is 19.3. The first kappa shape index (κ1) is 13.8. The van der Waals surface area contributed by atoms with E-state index in [-0.39, 0.29) is 11.5 Å². The van der Waals surface area contributed by atoms with Gasteiger partial charge < -0.3 is 5.32 Å². The lowest BCUT2D eigenvalue weighted by atomic mass is 10.4. The van der Waals surface area contributed by atoms with Crippen molar-refractivity contribution in [3.8, 4) is 0 Å². The van der Waals surface area contributed by atoms with Gasteiger partial charge in [0.1, 0.15) is 6.33 Å². The lowest BCUT2D eigenvalue weighted by Crippen LogP contribution is -2.02. The van der Waals surface area contributed by atoms with E-state index in [0.717, 1.165) is 9.37 Å². The summed E-state index contributed by atoms with van der Waals surface area (Å²) < 4.78 is 0.949. The Balaban J connectivity index is 2.39. The van der Waals surface area contributed by atoms with E-state index in [0.29, 0.717) is 5.03 Å². The average molecular weight is 341 g/mol. The quantitative estimate of drug-likeness (QED) is 0.522. The molecule has 0 bridgehead atoms. The van der Waals surface area contributed by atoms with Crippen LogP contribution in [0.5, 0.6) is 0 Å². The number of nitrogens with zero attached hydrogens (tertiary/aromatic N) is 3. The van der Waals surface area contributed by atoms with Crippen LogP contribution in [-0.2, 0) is 0 Å². The van der Waals surface area contributed by atoms with Gasteiger partial charge in [-0.1, -0.05) is 27.7 Å². The van der Waals surface area contributed by atoms with E-state index in [1.165, 1.54) is 18.1 Å². The fourth-order valence-corrected chi connectivity index (χ4v) is 2.53. The van der Waals surface area contributed by atoms with Crippen molar-refractivity contribution in [2.75, 3.05) is 12.4 Å². The smallest absolute Gasteiger partial charge is 0.343 e. The normalized spacial score (nSPS) is 10.2. The highest BCUT2D eigenvalue weighted by atomic mass is 79.9. The predicted octanol–water partition coefficient (Wildman–Crippen LogP) is 3.34. The van der Waals surface area contributed by atoms with Gasteiger partial charge in [-0.3, -0.25) is 10.1 Å². The zero-order valence-electron chi connectivity index (χ0n) is 9.83. The molecule has 0 spiro atoms. The first-order valence-corrected chi connectivity index (χ1v) is 6.83. The molecule has 8 heteroatoms. The summed E-state index contributed by atoms with van der Waals surface area (Å²) >= 11 is 4.57. The number of aromatic nitrogens is 2. The maximum atomic E-state index is 11.1. The highest BCUT2D eigenvalue weighted by Gasteiger charge is 2.22. The zero-order chi connectivity index (χ0) is 13.8. The number of benzene rings is 1. The molecular weight excluding hydrogens is 332 g/mol. The summed E-state index contributed by atoms with van der Waals surface area (Å²) in [7, 11) is 1.59. The highest BCUT2D eigenvalue weighted by molar-refractivity contribution is 9.10. The molecule has 0 unspecified atom stereocenters. The van der Waals surface area contributed by atoms with Crippen LogP contribution in [0.25, 0.3) is 0 Å². The van der Waals surface area contributed by atoms with Crippen LogP contribution >= 0.6 is 27.7 Å². The van der Waals surface area contributed by atoms with Crippen LogP contribution in [0.3, 0.4) is 0 Å². The maximum Gasteiger partial charge on any atom is 0.343 e. The maximum absolute atomic E-state index is 11.1. The largest absolute Gasteiger partial charge is 0.367 e. The summed E-state index contributed by atoms with van der Waals surface area (Å²) in [6.45, 7) is 0. The lowest BCUT2D eigenvalue weighted by Gasteiger charge is -2.05. The van der Waals surface area contributed by atoms with Crippen LogP contribution in [-0.4, -0.2) is 21.9 Å². The molecule has 0 aliphatic heterocycles. The molecule has 2 aromatic rings. The van der Waals surface area contributed by atoms with Gasteiger partial charge in [-0.05, 0) is 24.3 Å². The molecule has 98 valence electrons. The molecule has 2 rings (SSSR count). The van der Waals surface area contributed by atoms with Crippen LogP contribution in [0.1, 0.15) is 0 Å². The Labute approximate surface area is 121 Å². The minimum absolute atomic E-state index is 0.113. The monoisotopic (exact) mass is 340 g/mol. The summed E-state index contributed by atoms with van der Waals surface area (Å²) in [5.41, 5.74) is -0.113. The molecule has 0 saturated heterocycles. The molecule has 0 fully saturated rings. The van der Waals surface area contributed by atoms with Crippen molar-refractivity contribution in [3.05, 3.63) is 45.2 Å². The number of nitro groups is 1. The molecule has 1 aromatic carbocycles. The minimum Gasteiger partial charge on any atom is -0.367 e. The van der Waals surface area contributed by atoms with E-state index in [1.807, 2.05) is 24.3 Å². The molecule has 1 heterocycles. The van der Waals surface area contributed by atoms with E-state index in [1.54, 1.807) is 7.05 Å². The summed E-state index contributed by atoms with van der Waals surface area (Å²) in [5, 5.41) is 14.1. The van der Waals surface area contributed by atoms with Gasteiger partial charge in [0.2, 0.25) is 5.82 Å². The number of nitrogens with one attached hydrogen (secondary N) is 1. The summed E-state index contributed by atoms with van der Waals surface area (Å²) in [6, 6.07) is 7.46. The standard InChI is InChI=1S/C11H9BrN4O2S/c1-13-10-9(16(17)18)11(15-6-14-10)19-8-4-2-7(12)3-5-8/h2-6H,1H3,(H,13,14,15). The first-order valence-electron chi connectivity index (χ1n) is 5.22. The summed E-state index contributed by atoms with van der Waals surface area (Å²) in [6.07, 6.45) is 1.31. The molecule has 0 radical (unpaired) electrons. The molecule has 0 atom stereocenters. The van der Waals surface area contributed by atoms with Gasteiger partial charge in [0.05, 0.1) is 4.92 Å². The van der Waals surface area contributed by atoms with Crippen LogP contribution in [0, 0.1) is 10.1 Å². The summed E-state index contributed by atoms with van der Waals surface area (Å²) in [5.74, 6) is 0.208. The zero-order valence-corrected chi connectivity index (χ0v) is 12.2. The Morgan fingerprint density at radius 2 is 2.00 bits per heavy atom. The van der Waals surface area contributed by atoms with Crippen molar-refractivity contribution in [2.45, 2.75) is 9.92 Å². The van der Waals surface area contributed by atoms with Crippen LogP contribution in [0.4, 0.5) is 11.5 Å². The van der Waals surface area contributed by atoms with Crippen molar-refractivity contribution in [1.29, 1.82) is 0 Å². The Morgan fingerprint density at radius 1 is 1.32 bits per heavy atom. The molecule has 6 nitrogen and oxygen atoms in total. The van der Waals surface area contributed by atoms with Gasteiger partial charge in [-0.2, -0.15) is 0 Å². The second kappa shape index (κ2) is 5.98. The van der Waals surface area contributed by atoms with E-state index in [4.69, 9.17) is 0 Å². The molecule has 1 aromatic heterocycles. The third-order valence-electron chi connectivity index (χ3n) is 2.24. The fraction of sp³-hybridized carbons (Fsp3) is 0.0909. The predicted molar refractivity (Wildman–Crippen MR) is 76.5 cm³/mol. The van der Waals surface area contributed by atoms with Gasteiger partial charge in [0.15, 0.2) is 5.03 Å². The van der Waals surface area contributed by atoms with E-state index >= 15 is 0 Å². The Morgan fingerprint density at radius 3 is 2.58 bits per heavy atom. The molecule has 1 N–H and O–H groups in total. The van der Waals surface area contributed by atoms with Gasteiger partial charge in [0.25, 0.3) is 0 Å². The highest BCUT2D eigenvalue weighted by Crippen LogP contribution is 2.36. The second-order valence-corrected chi connectivity index (χ2v) is 5.42. The fourth-order valence-electron chi connectivity index (χ4n) is 1.40. The van der Waals surface area contributed by atoms with E-state index in [2.05, 4.69) is 31.2 Å². The van der Waals surface area contributed by atoms with Gasteiger partial charge >= 0.3 is 5.69 Å². The van der Waals surface area contributed by atoms with E-state index in [9.17, 15) is 10.1 Å². The molecule has 0 saturated carbocycles. The Hall–Kier alpha value is -1.67. The Bertz CT molecular complexity index is 606. The van der Waals surface area contributed by atoms with Crippen molar-refractivity contribution >= 4 is 39.2 Å². The number of hydrogen-bond acceptors (Lipinski definition) is 6. The van der Waals surface area contributed by atoms with Gasteiger partial charge in [0, 0.05) is 16.4 Å². The van der Waals surface area contributed by atoms with Crippen LogP contribution in [0.2, 0.25) is 0 Å². The molecule has 0 aliphatic carbocycles. The Kier molecular flexibility index (Phi) is 4.33. The third-order valence-corrected chi connectivity index (χ3v) is 3.76. The van der Waals surface area contributed by atoms with E-state index < -0.39 is 4.92 Å². The molecule has 0 aliphatic rings.